The third-order valence-electron chi connectivity index (χ3n) is 3.84. The first kappa shape index (κ1) is 15.6. The van der Waals surface area contributed by atoms with E-state index in [0.717, 1.165) is 29.7 Å². The predicted molar refractivity (Wildman–Crippen MR) is 88.0 cm³/mol. The van der Waals surface area contributed by atoms with E-state index in [-0.39, 0.29) is 12.0 Å². The fraction of sp³-hybridized carbons (Fsp3) is 0.316. The monoisotopic (exact) mass is 311 g/mol. The molecule has 2 aromatic rings. The topological polar surface area (TPSA) is 47.6 Å². The summed E-state index contributed by atoms with van der Waals surface area (Å²) >= 11 is 0. The van der Waals surface area contributed by atoms with Gasteiger partial charge in [-0.1, -0.05) is 42.5 Å². The van der Waals surface area contributed by atoms with Crippen LogP contribution < -0.4 is 10.1 Å². The van der Waals surface area contributed by atoms with Crippen LogP contribution in [0.2, 0.25) is 0 Å². The highest BCUT2D eigenvalue weighted by Gasteiger charge is 2.22. The second-order valence-electron chi connectivity index (χ2n) is 5.64. The minimum Gasteiger partial charge on any atom is -0.489 e. The molecular weight excluding hydrogens is 290 g/mol. The number of rotatable bonds is 6. The predicted octanol–water partition coefficient (Wildman–Crippen LogP) is 3.06. The van der Waals surface area contributed by atoms with Gasteiger partial charge in [-0.15, -0.1) is 0 Å². The van der Waals surface area contributed by atoms with E-state index in [2.05, 4.69) is 5.32 Å². The SMILES string of the molecule is O=C(NCc1cccc(OCc2ccccc2)c1)C1CCCO1. The first-order valence-electron chi connectivity index (χ1n) is 7.96. The zero-order valence-electron chi connectivity index (χ0n) is 13.0. The molecule has 0 aromatic heterocycles. The summed E-state index contributed by atoms with van der Waals surface area (Å²) < 4.78 is 11.2. The number of benzene rings is 2. The molecule has 0 bridgehead atoms. The quantitative estimate of drug-likeness (QED) is 0.892. The van der Waals surface area contributed by atoms with Gasteiger partial charge >= 0.3 is 0 Å². The number of carbonyl (C=O) groups is 1. The van der Waals surface area contributed by atoms with Crippen LogP contribution in [0.1, 0.15) is 24.0 Å². The van der Waals surface area contributed by atoms with Gasteiger partial charge in [-0.3, -0.25) is 4.79 Å². The van der Waals surface area contributed by atoms with E-state index in [9.17, 15) is 4.79 Å². The average Bonchev–Trinajstić information content (AvgIpc) is 3.14. The lowest BCUT2D eigenvalue weighted by Crippen LogP contribution is -2.33. The van der Waals surface area contributed by atoms with Crippen LogP contribution >= 0.6 is 0 Å². The van der Waals surface area contributed by atoms with Crippen molar-refractivity contribution >= 4 is 5.91 Å². The molecule has 1 atom stereocenters. The number of amides is 1. The Bertz CT molecular complexity index is 636. The van der Waals surface area contributed by atoms with Crippen LogP contribution in [0.4, 0.5) is 0 Å². The standard InChI is InChI=1S/C19H21NO3/c21-19(18-10-5-11-22-18)20-13-16-8-4-9-17(12-16)23-14-15-6-2-1-3-7-15/h1-4,6-9,12,18H,5,10-11,13-14H2,(H,20,21). The van der Waals surface area contributed by atoms with Gasteiger partial charge in [-0.05, 0) is 36.1 Å². The number of hydrogen-bond acceptors (Lipinski definition) is 3. The third kappa shape index (κ3) is 4.57. The second-order valence-corrected chi connectivity index (χ2v) is 5.64. The highest BCUT2D eigenvalue weighted by atomic mass is 16.5. The Balaban J connectivity index is 1.51. The van der Waals surface area contributed by atoms with Crippen LogP contribution in [0, 0.1) is 0 Å². The molecule has 4 nitrogen and oxygen atoms in total. The van der Waals surface area contributed by atoms with Crippen molar-refractivity contribution in [3.8, 4) is 5.75 Å². The summed E-state index contributed by atoms with van der Waals surface area (Å²) in [6.45, 7) is 1.70. The summed E-state index contributed by atoms with van der Waals surface area (Å²) in [5.41, 5.74) is 2.14. The van der Waals surface area contributed by atoms with Crippen LogP contribution in [-0.4, -0.2) is 18.6 Å². The molecule has 0 saturated carbocycles. The highest BCUT2D eigenvalue weighted by molar-refractivity contribution is 5.80. The summed E-state index contributed by atoms with van der Waals surface area (Å²) in [5, 5.41) is 2.92. The van der Waals surface area contributed by atoms with Crippen LogP contribution in [-0.2, 0) is 22.7 Å². The summed E-state index contributed by atoms with van der Waals surface area (Å²) in [7, 11) is 0. The van der Waals surface area contributed by atoms with Gasteiger partial charge in [-0.25, -0.2) is 0 Å². The lowest BCUT2D eigenvalue weighted by molar-refractivity contribution is -0.130. The minimum atomic E-state index is -0.285. The van der Waals surface area contributed by atoms with Crippen molar-refractivity contribution in [1.29, 1.82) is 0 Å². The van der Waals surface area contributed by atoms with Crippen molar-refractivity contribution in [2.45, 2.75) is 32.1 Å². The van der Waals surface area contributed by atoms with E-state index in [4.69, 9.17) is 9.47 Å². The van der Waals surface area contributed by atoms with E-state index < -0.39 is 0 Å². The van der Waals surface area contributed by atoms with Gasteiger partial charge in [0, 0.05) is 13.2 Å². The first-order chi connectivity index (χ1) is 11.3. The van der Waals surface area contributed by atoms with E-state index in [1.165, 1.54) is 0 Å². The largest absolute Gasteiger partial charge is 0.489 e. The Morgan fingerprint density at radius 3 is 2.74 bits per heavy atom. The number of nitrogens with one attached hydrogen (secondary N) is 1. The van der Waals surface area contributed by atoms with Gasteiger partial charge in [0.2, 0.25) is 5.91 Å². The average molecular weight is 311 g/mol. The molecule has 0 aliphatic carbocycles. The van der Waals surface area contributed by atoms with Gasteiger partial charge < -0.3 is 14.8 Å². The molecule has 4 heteroatoms. The molecule has 1 heterocycles. The Kier molecular flexibility index (Phi) is 5.27. The summed E-state index contributed by atoms with van der Waals surface area (Å²) in [5.74, 6) is 0.774. The summed E-state index contributed by atoms with van der Waals surface area (Å²) in [6, 6.07) is 17.8. The molecule has 0 radical (unpaired) electrons. The van der Waals surface area contributed by atoms with E-state index in [1.54, 1.807) is 0 Å². The fourth-order valence-electron chi connectivity index (χ4n) is 2.57. The second kappa shape index (κ2) is 7.79. The molecule has 1 amide bonds. The maximum Gasteiger partial charge on any atom is 0.249 e. The molecule has 1 fully saturated rings. The van der Waals surface area contributed by atoms with Crippen molar-refractivity contribution in [3.63, 3.8) is 0 Å². The Hall–Kier alpha value is -2.33. The van der Waals surface area contributed by atoms with E-state index in [1.807, 2.05) is 54.6 Å². The van der Waals surface area contributed by atoms with Crippen molar-refractivity contribution in [2.24, 2.45) is 0 Å². The maximum absolute atomic E-state index is 11.9. The molecule has 1 aliphatic heterocycles. The zero-order chi connectivity index (χ0) is 15.9. The van der Waals surface area contributed by atoms with Gasteiger partial charge in [0.05, 0.1) is 0 Å². The maximum atomic E-state index is 11.9. The molecule has 2 aromatic carbocycles. The van der Waals surface area contributed by atoms with Crippen LogP contribution in [0.3, 0.4) is 0 Å². The minimum absolute atomic E-state index is 0.0295. The van der Waals surface area contributed by atoms with Gasteiger partial charge in [0.1, 0.15) is 18.5 Å². The molecule has 1 saturated heterocycles. The van der Waals surface area contributed by atoms with E-state index in [0.29, 0.717) is 19.8 Å². The van der Waals surface area contributed by atoms with Gasteiger partial charge in [0.25, 0.3) is 0 Å². The smallest absolute Gasteiger partial charge is 0.249 e. The van der Waals surface area contributed by atoms with Crippen LogP contribution in [0.5, 0.6) is 5.75 Å². The number of hydrogen-bond donors (Lipinski definition) is 1. The van der Waals surface area contributed by atoms with Crippen LogP contribution in [0.25, 0.3) is 0 Å². The molecular formula is C19H21NO3. The molecule has 3 rings (SSSR count). The highest BCUT2D eigenvalue weighted by Crippen LogP contribution is 2.16. The Labute approximate surface area is 136 Å². The Morgan fingerprint density at radius 1 is 1.13 bits per heavy atom. The van der Waals surface area contributed by atoms with Gasteiger partial charge in [-0.2, -0.15) is 0 Å². The molecule has 1 N–H and O–H groups in total. The molecule has 1 unspecified atom stereocenters. The van der Waals surface area contributed by atoms with Crippen LogP contribution in [0.15, 0.2) is 54.6 Å². The third-order valence-corrected chi connectivity index (χ3v) is 3.84. The Morgan fingerprint density at radius 2 is 1.96 bits per heavy atom. The summed E-state index contributed by atoms with van der Waals surface area (Å²) in [4.78, 5) is 11.9. The molecule has 120 valence electrons. The van der Waals surface area contributed by atoms with E-state index >= 15 is 0 Å². The zero-order valence-corrected chi connectivity index (χ0v) is 13.0. The molecule has 1 aliphatic rings. The first-order valence-corrected chi connectivity index (χ1v) is 7.96. The van der Waals surface area contributed by atoms with Crippen molar-refractivity contribution in [1.82, 2.24) is 5.32 Å². The lowest BCUT2D eigenvalue weighted by Gasteiger charge is -2.11. The summed E-state index contributed by atoms with van der Waals surface area (Å²) in [6.07, 6.45) is 1.49. The molecule has 0 spiro atoms. The van der Waals surface area contributed by atoms with Gasteiger partial charge in [0.15, 0.2) is 0 Å². The van der Waals surface area contributed by atoms with Crippen molar-refractivity contribution in [2.75, 3.05) is 6.61 Å². The number of carbonyl (C=O) groups excluding carboxylic acids is 1. The number of ether oxygens (including phenoxy) is 2. The van der Waals surface area contributed by atoms with Crippen molar-refractivity contribution < 1.29 is 14.3 Å². The molecule has 23 heavy (non-hydrogen) atoms. The normalized spacial score (nSPS) is 17.0. The lowest BCUT2D eigenvalue weighted by atomic mass is 10.2. The fourth-order valence-corrected chi connectivity index (χ4v) is 2.57. The van der Waals surface area contributed by atoms with Crippen molar-refractivity contribution in [3.05, 3.63) is 65.7 Å².